The predicted molar refractivity (Wildman–Crippen MR) is 70.1 cm³/mol. The fourth-order valence-electron chi connectivity index (χ4n) is 2.32. The van der Waals surface area contributed by atoms with Gasteiger partial charge in [0.2, 0.25) is 0 Å². The molecule has 0 radical (unpaired) electrons. The molecule has 0 amide bonds. The van der Waals surface area contributed by atoms with E-state index in [1.807, 2.05) is 6.07 Å². The Bertz CT molecular complexity index is 343. The summed E-state index contributed by atoms with van der Waals surface area (Å²) >= 11 is 0. The van der Waals surface area contributed by atoms with Crippen molar-refractivity contribution >= 4 is 0 Å². The molecule has 1 aliphatic rings. The molecule has 4 heteroatoms. The van der Waals surface area contributed by atoms with Crippen LogP contribution in [0.5, 0.6) is 0 Å². The average molecular weight is 252 g/mol. The lowest BCUT2D eigenvalue weighted by Crippen LogP contribution is -2.21. The minimum Gasteiger partial charge on any atom is -0.373 e. The molecule has 1 aliphatic carbocycles. The van der Waals surface area contributed by atoms with Crippen molar-refractivity contribution in [2.24, 2.45) is 5.92 Å². The zero-order valence-corrected chi connectivity index (χ0v) is 11.4. The van der Waals surface area contributed by atoms with Gasteiger partial charge in [0.1, 0.15) is 6.61 Å². The molecule has 0 aromatic carbocycles. The Morgan fingerprint density at radius 3 is 2.94 bits per heavy atom. The van der Waals surface area contributed by atoms with Crippen LogP contribution in [0.2, 0.25) is 0 Å². The Kier molecular flexibility index (Phi) is 5.20. The number of hydrogen-bond acceptors (Lipinski definition) is 4. The third kappa shape index (κ3) is 4.42. The quantitative estimate of drug-likeness (QED) is 0.810. The first-order valence-electron chi connectivity index (χ1n) is 6.99. The predicted octanol–water partition coefficient (Wildman–Crippen LogP) is 2.88. The third-order valence-corrected chi connectivity index (χ3v) is 3.37. The molecule has 18 heavy (non-hydrogen) atoms. The summed E-state index contributed by atoms with van der Waals surface area (Å²) in [6.45, 7) is 6.40. The molecule has 0 atom stereocenters. The lowest BCUT2D eigenvalue weighted by atomic mass is 10.1. The van der Waals surface area contributed by atoms with Gasteiger partial charge in [-0.3, -0.25) is 0 Å². The van der Waals surface area contributed by atoms with E-state index in [2.05, 4.69) is 24.3 Å². The third-order valence-electron chi connectivity index (χ3n) is 3.37. The summed E-state index contributed by atoms with van der Waals surface area (Å²) in [4.78, 5) is 0. The molecule has 1 aromatic rings. The number of hydrogen-bond donors (Lipinski definition) is 1. The summed E-state index contributed by atoms with van der Waals surface area (Å²) in [6.07, 6.45) is 5.36. The van der Waals surface area contributed by atoms with Crippen LogP contribution in [0.15, 0.2) is 10.6 Å². The SMILES string of the molecule is CC(C)NCc1cc(COCC2CCCC2)on1. The van der Waals surface area contributed by atoms with E-state index in [0.29, 0.717) is 12.6 Å². The van der Waals surface area contributed by atoms with Gasteiger partial charge in [-0.25, -0.2) is 0 Å². The summed E-state index contributed by atoms with van der Waals surface area (Å²) in [5.41, 5.74) is 0.947. The Morgan fingerprint density at radius 2 is 2.22 bits per heavy atom. The van der Waals surface area contributed by atoms with Crippen LogP contribution in [0.25, 0.3) is 0 Å². The van der Waals surface area contributed by atoms with E-state index in [-0.39, 0.29) is 0 Å². The van der Waals surface area contributed by atoms with Gasteiger partial charge in [-0.2, -0.15) is 0 Å². The standard InChI is InChI=1S/C14H24N2O2/c1-11(2)15-8-13-7-14(18-16-13)10-17-9-12-5-3-4-6-12/h7,11-12,15H,3-6,8-10H2,1-2H3. The van der Waals surface area contributed by atoms with Crippen LogP contribution >= 0.6 is 0 Å². The highest BCUT2D eigenvalue weighted by Gasteiger charge is 2.15. The van der Waals surface area contributed by atoms with Gasteiger partial charge in [0.05, 0.1) is 5.69 Å². The van der Waals surface area contributed by atoms with Crippen molar-refractivity contribution in [2.75, 3.05) is 6.61 Å². The smallest absolute Gasteiger partial charge is 0.162 e. The fraction of sp³-hybridized carbons (Fsp3) is 0.786. The van der Waals surface area contributed by atoms with Crippen molar-refractivity contribution in [3.05, 3.63) is 17.5 Å². The maximum Gasteiger partial charge on any atom is 0.162 e. The van der Waals surface area contributed by atoms with E-state index in [9.17, 15) is 0 Å². The molecule has 0 aliphatic heterocycles. The van der Waals surface area contributed by atoms with E-state index in [1.165, 1.54) is 25.7 Å². The van der Waals surface area contributed by atoms with Gasteiger partial charge in [0.25, 0.3) is 0 Å². The molecule has 1 saturated carbocycles. The van der Waals surface area contributed by atoms with Gasteiger partial charge >= 0.3 is 0 Å². The first-order valence-corrected chi connectivity index (χ1v) is 6.99. The van der Waals surface area contributed by atoms with Crippen LogP contribution in [-0.4, -0.2) is 17.8 Å². The van der Waals surface area contributed by atoms with Gasteiger partial charge in [-0.1, -0.05) is 31.8 Å². The second-order valence-corrected chi connectivity index (χ2v) is 5.49. The zero-order chi connectivity index (χ0) is 12.8. The first-order chi connectivity index (χ1) is 8.74. The van der Waals surface area contributed by atoms with Crippen molar-refractivity contribution < 1.29 is 9.26 Å². The molecule has 102 valence electrons. The van der Waals surface area contributed by atoms with Crippen molar-refractivity contribution in [2.45, 2.75) is 58.7 Å². The lowest BCUT2D eigenvalue weighted by Gasteiger charge is -2.07. The average Bonchev–Trinajstić information content (AvgIpc) is 2.97. The molecular formula is C14H24N2O2. The Labute approximate surface area is 109 Å². The molecule has 0 saturated heterocycles. The van der Waals surface area contributed by atoms with Crippen molar-refractivity contribution in [3.63, 3.8) is 0 Å². The minimum absolute atomic E-state index is 0.462. The second-order valence-electron chi connectivity index (χ2n) is 5.49. The van der Waals surface area contributed by atoms with Crippen LogP contribution in [0.3, 0.4) is 0 Å². The summed E-state index contributed by atoms with van der Waals surface area (Å²) in [7, 11) is 0. The molecule has 4 nitrogen and oxygen atoms in total. The topological polar surface area (TPSA) is 47.3 Å². The molecular weight excluding hydrogens is 228 g/mol. The fourth-order valence-corrected chi connectivity index (χ4v) is 2.32. The Balaban J connectivity index is 1.66. The van der Waals surface area contributed by atoms with E-state index >= 15 is 0 Å². The molecule has 1 N–H and O–H groups in total. The Morgan fingerprint density at radius 1 is 1.44 bits per heavy atom. The number of aromatic nitrogens is 1. The lowest BCUT2D eigenvalue weighted by molar-refractivity contribution is 0.0734. The normalized spacial score (nSPS) is 16.8. The molecule has 1 fully saturated rings. The largest absolute Gasteiger partial charge is 0.373 e. The van der Waals surface area contributed by atoms with Gasteiger partial charge in [0.15, 0.2) is 5.76 Å². The van der Waals surface area contributed by atoms with Crippen LogP contribution in [-0.2, 0) is 17.9 Å². The number of ether oxygens (including phenoxy) is 1. The monoisotopic (exact) mass is 252 g/mol. The van der Waals surface area contributed by atoms with Crippen LogP contribution in [0.4, 0.5) is 0 Å². The van der Waals surface area contributed by atoms with Gasteiger partial charge in [-0.15, -0.1) is 0 Å². The van der Waals surface area contributed by atoms with Gasteiger partial charge < -0.3 is 14.6 Å². The summed E-state index contributed by atoms with van der Waals surface area (Å²) < 4.78 is 10.9. The maximum atomic E-state index is 5.69. The van der Waals surface area contributed by atoms with Crippen LogP contribution < -0.4 is 5.32 Å². The van der Waals surface area contributed by atoms with Crippen molar-refractivity contribution in [1.82, 2.24) is 10.5 Å². The number of rotatable bonds is 7. The zero-order valence-electron chi connectivity index (χ0n) is 11.4. The molecule has 1 heterocycles. The number of nitrogens with zero attached hydrogens (tertiary/aromatic N) is 1. The maximum absolute atomic E-state index is 5.69. The summed E-state index contributed by atoms with van der Waals surface area (Å²) in [6, 6.07) is 2.44. The van der Waals surface area contributed by atoms with Gasteiger partial charge in [0, 0.05) is 25.3 Å². The summed E-state index contributed by atoms with van der Waals surface area (Å²) in [5, 5.41) is 7.33. The number of nitrogens with one attached hydrogen (secondary N) is 1. The highest BCUT2D eigenvalue weighted by molar-refractivity contribution is 5.04. The Hall–Kier alpha value is -0.870. The molecule has 1 aromatic heterocycles. The first kappa shape index (κ1) is 13.6. The van der Waals surface area contributed by atoms with Crippen LogP contribution in [0, 0.1) is 5.92 Å². The van der Waals surface area contributed by atoms with E-state index in [4.69, 9.17) is 9.26 Å². The molecule has 0 unspecified atom stereocenters. The van der Waals surface area contributed by atoms with Crippen molar-refractivity contribution in [3.8, 4) is 0 Å². The molecule has 2 rings (SSSR count). The highest BCUT2D eigenvalue weighted by atomic mass is 16.5. The summed E-state index contributed by atoms with van der Waals surface area (Å²) in [5.74, 6) is 1.59. The van der Waals surface area contributed by atoms with E-state index in [1.54, 1.807) is 0 Å². The second kappa shape index (κ2) is 6.90. The minimum atomic E-state index is 0.462. The van der Waals surface area contributed by atoms with Gasteiger partial charge in [-0.05, 0) is 18.8 Å². The highest BCUT2D eigenvalue weighted by Crippen LogP contribution is 2.24. The molecule has 0 spiro atoms. The van der Waals surface area contributed by atoms with E-state index in [0.717, 1.165) is 30.5 Å². The van der Waals surface area contributed by atoms with Crippen LogP contribution in [0.1, 0.15) is 51.0 Å². The van der Waals surface area contributed by atoms with Crippen molar-refractivity contribution in [1.29, 1.82) is 0 Å². The van der Waals surface area contributed by atoms with E-state index < -0.39 is 0 Å². The molecule has 0 bridgehead atoms.